The number of nitrogens with zero attached hydrogens (tertiary/aromatic N) is 1. The second-order valence-corrected chi connectivity index (χ2v) is 13.1. The van der Waals surface area contributed by atoms with Gasteiger partial charge in [-0.05, 0) is 59.0 Å². The van der Waals surface area contributed by atoms with Crippen LogP contribution in [0.2, 0.25) is 0 Å². The Morgan fingerprint density at radius 3 is 2.17 bits per heavy atom. The van der Waals surface area contributed by atoms with Crippen LogP contribution in [0.25, 0.3) is 0 Å². The summed E-state index contributed by atoms with van der Waals surface area (Å²) in [5.41, 5.74) is 3.59. The van der Waals surface area contributed by atoms with E-state index in [4.69, 9.17) is 4.74 Å². The summed E-state index contributed by atoms with van der Waals surface area (Å²) < 4.78 is 34.1. The average molecular weight is 584 g/mol. The number of hydrogen-bond acceptors (Lipinski definition) is 5. The normalized spacial score (nSPS) is 14.8. The van der Waals surface area contributed by atoms with Crippen LogP contribution in [0, 0.1) is 0 Å². The largest absolute Gasteiger partial charge is 0.476 e. The Labute approximate surface area is 246 Å². The quantitative estimate of drug-likeness (QED) is 0.279. The molecule has 0 spiro atoms. The van der Waals surface area contributed by atoms with Crippen LogP contribution in [-0.2, 0) is 26.0 Å². The highest BCUT2D eigenvalue weighted by atomic mass is 32.2. The molecule has 4 aromatic carbocycles. The molecule has 4 aromatic rings. The van der Waals surface area contributed by atoms with Gasteiger partial charge in [-0.3, -0.25) is 13.9 Å². The predicted molar refractivity (Wildman–Crippen MR) is 165 cm³/mol. The molecule has 1 heterocycles. The summed E-state index contributed by atoms with van der Waals surface area (Å²) in [5, 5.41) is 5.67. The number of rotatable bonds is 7. The zero-order chi connectivity index (χ0) is 29.9. The third-order valence-corrected chi connectivity index (χ3v) is 8.67. The van der Waals surface area contributed by atoms with Gasteiger partial charge >= 0.3 is 0 Å². The van der Waals surface area contributed by atoms with Crippen LogP contribution in [0.15, 0.2) is 103 Å². The van der Waals surface area contributed by atoms with Gasteiger partial charge in [0.1, 0.15) is 5.75 Å². The summed E-state index contributed by atoms with van der Waals surface area (Å²) in [6, 6.07) is 29.9. The van der Waals surface area contributed by atoms with Crippen LogP contribution in [0.3, 0.4) is 0 Å². The molecule has 0 saturated carbocycles. The first-order chi connectivity index (χ1) is 20.0. The molecule has 0 bridgehead atoms. The highest BCUT2D eigenvalue weighted by Crippen LogP contribution is 2.36. The number of carbonyl (C=O) groups excluding carboxylic acids is 2. The topological polar surface area (TPSA) is 105 Å². The molecule has 0 aromatic heterocycles. The molecule has 0 saturated heterocycles. The number of benzene rings is 4. The SMILES string of the molecule is CC(C)(C)c1ccc(C(=O)Nc2cccc(NC(=O)[C@@H]3CN(S(=O)(=O)Cc4ccccc4)c4ccccc4O3)c2)cc1. The first kappa shape index (κ1) is 28.9. The van der Waals surface area contributed by atoms with E-state index in [1.807, 2.05) is 18.2 Å². The number of ether oxygens (including phenoxy) is 1. The Kier molecular flexibility index (Phi) is 8.04. The first-order valence-electron chi connectivity index (χ1n) is 13.6. The van der Waals surface area contributed by atoms with Crippen molar-refractivity contribution in [1.29, 1.82) is 0 Å². The van der Waals surface area contributed by atoms with Gasteiger partial charge in [0, 0.05) is 16.9 Å². The molecule has 0 fully saturated rings. The van der Waals surface area contributed by atoms with E-state index in [0.29, 0.717) is 33.9 Å². The van der Waals surface area contributed by atoms with Crippen LogP contribution in [0.4, 0.5) is 17.1 Å². The molecular weight excluding hydrogens is 550 g/mol. The average Bonchev–Trinajstić information content (AvgIpc) is 2.96. The van der Waals surface area contributed by atoms with Crippen molar-refractivity contribution in [2.75, 3.05) is 21.5 Å². The van der Waals surface area contributed by atoms with Crippen LogP contribution < -0.4 is 19.7 Å². The van der Waals surface area contributed by atoms with E-state index in [1.165, 1.54) is 4.31 Å². The molecule has 1 aliphatic rings. The van der Waals surface area contributed by atoms with E-state index in [0.717, 1.165) is 5.56 Å². The molecule has 2 amide bonds. The summed E-state index contributed by atoms with van der Waals surface area (Å²) in [6.45, 7) is 6.15. The standard InChI is InChI=1S/C33H33N3O5S/c1-33(2,3)25-18-16-24(17-19-25)31(37)34-26-12-9-13-27(20-26)35-32(38)30-21-36(28-14-7-8-15-29(28)41-30)42(39,40)22-23-10-5-4-6-11-23/h4-20,30H,21-22H2,1-3H3,(H,34,37)(H,35,38)/t30-/m0/s1. The molecule has 0 aliphatic carbocycles. The van der Waals surface area contributed by atoms with Gasteiger partial charge in [0.25, 0.3) is 11.8 Å². The van der Waals surface area contributed by atoms with Crippen LogP contribution in [0.1, 0.15) is 42.3 Å². The number of amides is 2. The minimum absolute atomic E-state index is 0.0191. The Morgan fingerprint density at radius 2 is 1.48 bits per heavy atom. The summed E-state index contributed by atoms with van der Waals surface area (Å²) in [6.07, 6.45) is -1.09. The van der Waals surface area contributed by atoms with Gasteiger partial charge in [-0.2, -0.15) is 0 Å². The summed E-state index contributed by atoms with van der Waals surface area (Å²) >= 11 is 0. The number of hydrogen-bond donors (Lipinski definition) is 2. The molecule has 1 atom stereocenters. The third kappa shape index (κ3) is 6.63. The lowest BCUT2D eigenvalue weighted by Crippen LogP contribution is -2.49. The van der Waals surface area contributed by atoms with Gasteiger partial charge in [-0.1, -0.05) is 81.4 Å². The van der Waals surface area contributed by atoms with E-state index < -0.39 is 22.0 Å². The Hall–Kier alpha value is -4.63. The monoisotopic (exact) mass is 583 g/mol. The second-order valence-electron chi connectivity index (χ2n) is 11.2. The zero-order valence-electron chi connectivity index (χ0n) is 23.7. The fourth-order valence-corrected chi connectivity index (χ4v) is 6.27. The fraction of sp³-hybridized carbons (Fsp3) is 0.212. The summed E-state index contributed by atoms with van der Waals surface area (Å²) in [4.78, 5) is 26.2. The van der Waals surface area contributed by atoms with E-state index >= 15 is 0 Å². The number of carbonyl (C=O) groups is 2. The van der Waals surface area contributed by atoms with Crippen molar-refractivity contribution in [2.24, 2.45) is 0 Å². The molecule has 9 heteroatoms. The lowest BCUT2D eigenvalue weighted by Gasteiger charge is -2.34. The van der Waals surface area contributed by atoms with Crippen molar-refractivity contribution in [3.63, 3.8) is 0 Å². The maximum Gasteiger partial charge on any atom is 0.267 e. The van der Waals surface area contributed by atoms with Gasteiger partial charge < -0.3 is 15.4 Å². The third-order valence-electron chi connectivity index (χ3n) is 6.96. The lowest BCUT2D eigenvalue weighted by molar-refractivity contribution is -0.122. The smallest absolute Gasteiger partial charge is 0.267 e. The van der Waals surface area contributed by atoms with Crippen molar-refractivity contribution < 1.29 is 22.7 Å². The van der Waals surface area contributed by atoms with Gasteiger partial charge in [-0.25, -0.2) is 8.42 Å². The van der Waals surface area contributed by atoms with Gasteiger partial charge in [0.05, 0.1) is 18.0 Å². The maximum atomic E-state index is 13.5. The number of nitrogens with one attached hydrogen (secondary N) is 2. The van der Waals surface area contributed by atoms with Crippen molar-refractivity contribution in [3.05, 3.63) is 120 Å². The number of fused-ring (bicyclic) bond motifs is 1. The fourth-order valence-electron chi connectivity index (χ4n) is 4.69. The first-order valence-corrected chi connectivity index (χ1v) is 15.2. The Balaban J connectivity index is 1.29. The second kappa shape index (κ2) is 11.7. The van der Waals surface area contributed by atoms with Crippen molar-refractivity contribution in [1.82, 2.24) is 0 Å². The number of anilines is 3. The van der Waals surface area contributed by atoms with Crippen LogP contribution in [0.5, 0.6) is 5.75 Å². The molecule has 5 rings (SSSR count). The van der Waals surface area contributed by atoms with E-state index in [1.54, 1.807) is 84.9 Å². The van der Waals surface area contributed by atoms with Gasteiger partial charge in [0.2, 0.25) is 10.0 Å². The van der Waals surface area contributed by atoms with E-state index in [2.05, 4.69) is 31.4 Å². The maximum absolute atomic E-state index is 13.5. The molecule has 2 N–H and O–H groups in total. The summed E-state index contributed by atoms with van der Waals surface area (Å²) in [5.74, 6) is -0.688. The molecule has 1 aliphatic heterocycles. The molecule has 216 valence electrons. The Morgan fingerprint density at radius 1 is 0.833 bits per heavy atom. The minimum atomic E-state index is -3.82. The van der Waals surface area contributed by atoms with E-state index in [-0.39, 0.29) is 23.6 Å². The number of para-hydroxylation sites is 2. The van der Waals surface area contributed by atoms with Crippen molar-refractivity contribution in [3.8, 4) is 5.75 Å². The molecule has 0 radical (unpaired) electrons. The highest BCUT2D eigenvalue weighted by Gasteiger charge is 2.36. The minimum Gasteiger partial charge on any atom is -0.476 e. The van der Waals surface area contributed by atoms with Gasteiger partial charge in [-0.15, -0.1) is 0 Å². The van der Waals surface area contributed by atoms with Crippen molar-refractivity contribution in [2.45, 2.75) is 38.0 Å². The predicted octanol–water partition coefficient (Wildman–Crippen LogP) is 5.97. The number of sulfonamides is 1. The van der Waals surface area contributed by atoms with Crippen molar-refractivity contribution >= 4 is 38.9 Å². The lowest BCUT2D eigenvalue weighted by atomic mass is 9.87. The molecule has 8 nitrogen and oxygen atoms in total. The summed E-state index contributed by atoms with van der Waals surface area (Å²) in [7, 11) is -3.82. The molecule has 42 heavy (non-hydrogen) atoms. The molecular formula is C33H33N3O5S. The van der Waals surface area contributed by atoms with Crippen LogP contribution >= 0.6 is 0 Å². The van der Waals surface area contributed by atoms with Crippen LogP contribution in [-0.4, -0.2) is 32.9 Å². The van der Waals surface area contributed by atoms with E-state index in [9.17, 15) is 18.0 Å². The zero-order valence-corrected chi connectivity index (χ0v) is 24.5. The highest BCUT2D eigenvalue weighted by molar-refractivity contribution is 7.92. The Bertz CT molecular complexity index is 1700. The molecule has 0 unspecified atom stereocenters. The van der Waals surface area contributed by atoms with Gasteiger partial charge in [0.15, 0.2) is 6.10 Å².